The molecule has 0 atom stereocenters. The van der Waals surface area contributed by atoms with Crippen molar-refractivity contribution in [3.05, 3.63) is 70.2 Å². The molecule has 7 heteroatoms. The van der Waals surface area contributed by atoms with E-state index in [1.807, 2.05) is 17.4 Å². The maximum absolute atomic E-state index is 9.71. The molecule has 0 saturated carbocycles. The first kappa shape index (κ1) is 20.7. The maximum Gasteiger partial charge on any atom is 0.263 e. The number of benzene rings is 2. The number of aliphatic hydroxyl groups is 2. The predicted octanol–water partition coefficient (Wildman–Crippen LogP) is 5.25. The van der Waals surface area contributed by atoms with Gasteiger partial charge >= 0.3 is 0 Å². The Hall–Kier alpha value is -2.16. The molecule has 0 spiro atoms. The molecule has 158 valence electrons. The zero-order valence-corrected chi connectivity index (χ0v) is 19.6. The third-order valence-corrected chi connectivity index (χ3v) is 8.75. The molecular weight excluding hydrogens is 444 g/mol. The molecule has 0 aliphatic carbocycles. The maximum atomic E-state index is 9.71. The Labute approximate surface area is 193 Å². The van der Waals surface area contributed by atoms with Crippen LogP contribution < -0.4 is 9.47 Å². The molecule has 0 unspecified atom stereocenters. The van der Waals surface area contributed by atoms with E-state index in [1.165, 1.54) is 24.5 Å². The molecule has 4 aromatic rings. The average molecular weight is 468 g/mol. The van der Waals surface area contributed by atoms with Gasteiger partial charge in [0.25, 0.3) is 5.01 Å². The summed E-state index contributed by atoms with van der Waals surface area (Å²) in [6, 6.07) is 16.8. The molecular formula is C24H23N2O2S3+. The van der Waals surface area contributed by atoms with Gasteiger partial charge in [-0.15, -0.1) is 11.3 Å². The lowest BCUT2D eigenvalue weighted by Gasteiger charge is -2.19. The van der Waals surface area contributed by atoms with Gasteiger partial charge in [-0.3, -0.25) is 0 Å². The highest BCUT2D eigenvalue weighted by Gasteiger charge is 2.26. The van der Waals surface area contributed by atoms with Crippen LogP contribution in [0.4, 0.5) is 5.69 Å². The Balaban J connectivity index is 1.55. The number of allylic oxidation sites excluding steroid dienone is 2. The van der Waals surface area contributed by atoms with Gasteiger partial charge in [-0.1, -0.05) is 47.4 Å². The van der Waals surface area contributed by atoms with E-state index in [1.54, 1.807) is 23.1 Å². The van der Waals surface area contributed by atoms with Gasteiger partial charge < -0.3 is 15.1 Å². The number of aliphatic hydroxyl groups excluding tert-OH is 2. The minimum absolute atomic E-state index is 0.108. The molecule has 0 radical (unpaired) electrons. The van der Waals surface area contributed by atoms with Crippen LogP contribution in [0.5, 0.6) is 0 Å². The molecule has 31 heavy (non-hydrogen) atoms. The van der Waals surface area contributed by atoms with Gasteiger partial charge in [0.2, 0.25) is 5.52 Å². The largest absolute Gasteiger partial charge is 0.395 e. The highest BCUT2D eigenvalue weighted by molar-refractivity contribution is 8.03. The van der Waals surface area contributed by atoms with Crippen LogP contribution in [0.1, 0.15) is 11.9 Å². The molecule has 5 rings (SSSR count). The summed E-state index contributed by atoms with van der Waals surface area (Å²) in [7, 11) is 0. The van der Waals surface area contributed by atoms with Crippen molar-refractivity contribution in [2.45, 2.75) is 18.4 Å². The van der Waals surface area contributed by atoms with Crippen LogP contribution in [-0.2, 0) is 6.54 Å². The van der Waals surface area contributed by atoms with E-state index in [-0.39, 0.29) is 13.2 Å². The first-order valence-corrected chi connectivity index (χ1v) is 12.6. The molecule has 2 aromatic heterocycles. The van der Waals surface area contributed by atoms with Crippen molar-refractivity contribution >= 4 is 65.8 Å². The quantitative estimate of drug-likeness (QED) is 0.381. The second-order valence-corrected chi connectivity index (χ2v) is 10.8. The van der Waals surface area contributed by atoms with Crippen molar-refractivity contribution in [3.8, 4) is 0 Å². The molecule has 0 bridgehead atoms. The Morgan fingerprint density at radius 3 is 2.68 bits per heavy atom. The second kappa shape index (κ2) is 8.76. The number of para-hydroxylation sites is 1. The summed E-state index contributed by atoms with van der Waals surface area (Å²) < 4.78 is 4.80. The van der Waals surface area contributed by atoms with Crippen LogP contribution in [0.2, 0.25) is 0 Å². The van der Waals surface area contributed by atoms with Gasteiger partial charge in [-0.2, -0.15) is 4.57 Å². The highest BCUT2D eigenvalue weighted by Crippen LogP contribution is 2.46. The molecule has 2 N–H and O–H groups in total. The van der Waals surface area contributed by atoms with E-state index in [9.17, 15) is 10.2 Å². The number of rotatable bonds is 6. The zero-order chi connectivity index (χ0) is 21.4. The highest BCUT2D eigenvalue weighted by atomic mass is 32.2. The Bertz CT molecular complexity index is 1320. The first-order valence-electron chi connectivity index (χ1n) is 10.2. The standard InChI is InChI=1S/C24H23N2O2S3/c1-16(14-21-25(10-12-27)18-7-3-5-9-20(18)29-21)15-22-26(11-13-28)23-17-6-2-4-8-19(17)30-24(23)31-22/h2-9,14-15,27-28H,10-13H2,1H3/q+1. The van der Waals surface area contributed by atoms with E-state index in [4.69, 9.17) is 0 Å². The van der Waals surface area contributed by atoms with Crippen LogP contribution >= 0.6 is 34.4 Å². The molecule has 1 aliphatic heterocycles. The molecule has 0 fully saturated rings. The number of aromatic nitrogens is 1. The van der Waals surface area contributed by atoms with Crippen LogP contribution in [-0.4, -0.2) is 30.0 Å². The number of hydrogen-bond donors (Lipinski definition) is 2. The molecule has 3 heterocycles. The molecule has 2 aromatic carbocycles. The summed E-state index contributed by atoms with van der Waals surface area (Å²) in [5, 5.41) is 22.8. The third-order valence-electron chi connectivity index (χ3n) is 5.26. The van der Waals surface area contributed by atoms with Gasteiger partial charge in [0.15, 0.2) is 10.6 Å². The molecule has 1 aliphatic rings. The zero-order valence-electron chi connectivity index (χ0n) is 17.1. The Kier molecular flexibility index (Phi) is 5.86. The lowest BCUT2D eigenvalue weighted by Crippen LogP contribution is -2.36. The second-order valence-electron chi connectivity index (χ2n) is 7.37. The Morgan fingerprint density at radius 2 is 1.84 bits per heavy atom. The minimum Gasteiger partial charge on any atom is -0.395 e. The number of thiophene rings is 1. The summed E-state index contributed by atoms with van der Waals surface area (Å²) in [6.45, 7) is 3.49. The SMILES string of the molecule is CC(=Cc1sc2sc3ccccc3c2[n+]1CCO)C=C1Sc2ccccc2N1CCO. The average Bonchev–Trinajstić information content (AvgIpc) is 3.40. The van der Waals surface area contributed by atoms with E-state index in [2.05, 4.69) is 71.0 Å². The van der Waals surface area contributed by atoms with Gasteiger partial charge in [0.05, 0.1) is 22.7 Å². The summed E-state index contributed by atoms with van der Waals surface area (Å²) in [4.78, 5) is 3.40. The van der Waals surface area contributed by atoms with Crippen LogP contribution in [0.15, 0.2) is 70.1 Å². The van der Waals surface area contributed by atoms with Crippen molar-refractivity contribution in [2.75, 3.05) is 24.7 Å². The third kappa shape index (κ3) is 3.81. The van der Waals surface area contributed by atoms with Crippen molar-refractivity contribution in [3.63, 3.8) is 0 Å². The predicted molar refractivity (Wildman–Crippen MR) is 133 cm³/mol. The number of nitrogens with zero attached hydrogens (tertiary/aromatic N) is 2. The van der Waals surface area contributed by atoms with Crippen molar-refractivity contribution in [2.24, 2.45) is 0 Å². The summed E-state index contributed by atoms with van der Waals surface area (Å²) in [5.41, 5.74) is 3.51. The number of fused-ring (bicyclic) bond motifs is 4. The van der Waals surface area contributed by atoms with Crippen molar-refractivity contribution < 1.29 is 14.8 Å². The fraction of sp³-hybridized carbons (Fsp3) is 0.208. The monoisotopic (exact) mass is 467 g/mol. The summed E-state index contributed by atoms with van der Waals surface area (Å²) in [6.07, 6.45) is 4.39. The minimum atomic E-state index is 0.108. The summed E-state index contributed by atoms with van der Waals surface area (Å²) in [5.74, 6) is 0. The van der Waals surface area contributed by atoms with Crippen LogP contribution in [0, 0.1) is 0 Å². The number of thiazole rings is 1. The van der Waals surface area contributed by atoms with E-state index >= 15 is 0 Å². The van der Waals surface area contributed by atoms with Gasteiger partial charge in [0, 0.05) is 22.2 Å². The first-order chi connectivity index (χ1) is 15.2. The molecule has 0 amide bonds. The topological polar surface area (TPSA) is 47.6 Å². The Morgan fingerprint density at radius 1 is 1.03 bits per heavy atom. The lowest BCUT2D eigenvalue weighted by molar-refractivity contribution is -0.669. The van der Waals surface area contributed by atoms with E-state index in [0.717, 1.165) is 21.3 Å². The van der Waals surface area contributed by atoms with E-state index in [0.29, 0.717) is 13.1 Å². The molecule has 0 saturated heterocycles. The van der Waals surface area contributed by atoms with Crippen LogP contribution in [0.3, 0.4) is 0 Å². The normalized spacial score (nSPS) is 15.5. The summed E-state index contributed by atoms with van der Waals surface area (Å²) >= 11 is 5.33. The van der Waals surface area contributed by atoms with Gasteiger partial charge in [0.1, 0.15) is 6.61 Å². The number of hydrogen-bond acceptors (Lipinski definition) is 6. The molecule has 4 nitrogen and oxygen atoms in total. The van der Waals surface area contributed by atoms with Crippen LogP contribution in [0.25, 0.3) is 25.7 Å². The van der Waals surface area contributed by atoms with E-state index < -0.39 is 0 Å². The van der Waals surface area contributed by atoms with Gasteiger partial charge in [-0.05, 0) is 42.8 Å². The number of thioether (sulfide) groups is 1. The fourth-order valence-corrected chi connectivity index (χ4v) is 7.82. The number of anilines is 1. The van der Waals surface area contributed by atoms with Crippen molar-refractivity contribution in [1.82, 2.24) is 0 Å². The fourth-order valence-electron chi connectivity index (χ4n) is 3.95. The number of β-amino-alcohol motifs (C(OH)–C–C–N with tert-alkyl or cyclic N) is 1. The smallest absolute Gasteiger partial charge is 0.263 e. The lowest BCUT2D eigenvalue weighted by atomic mass is 10.2. The van der Waals surface area contributed by atoms with Gasteiger partial charge in [-0.25, -0.2) is 0 Å². The van der Waals surface area contributed by atoms with Crippen molar-refractivity contribution in [1.29, 1.82) is 0 Å².